The van der Waals surface area contributed by atoms with Crippen LogP contribution in [0, 0.1) is 0 Å². The van der Waals surface area contributed by atoms with Gasteiger partial charge in [-0.05, 0) is 38.1 Å². The molecule has 0 aromatic carbocycles. The van der Waals surface area contributed by atoms with E-state index in [1.165, 1.54) is 18.5 Å². The first-order valence-electron chi connectivity index (χ1n) is 4.78. The number of aromatic nitrogens is 1. The van der Waals surface area contributed by atoms with Crippen molar-refractivity contribution >= 4 is 5.69 Å². The van der Waals surface area contributed by atoms with Gasteiger partial charge in [-0.15, -0.1) is 0 Å². The van der Waals surface area contributed by atoms with Gasteiger partial charge in [-0.2, -0.15) is 0 Å². The van der Waals surface area contributed by atoms with Gasteiger partial charge < -0.3 is 11.1 Å². The van der Waals surface area contributed by atoms with Crippen LogP contribution in [0.15, 0.2) is 18.3 Å². The number of anilines is 1. The molecule has 3 N–H and O–H groups in total. The maximum Gasteiger partial charge on any atom is 0.0501 e. The second-order valence-electron chi connectivity index (χ2n) is 3.54. The molecule has 70 valence electrons. The van der Waals surface area contributed by atoms with Crippen molar-refractivity contribution in [2.24, 2.45) is 0 Å². The summed E-state index contributed by atoms with van der Waals surface area (Å²) in [5.41, 5.74) is 7.52. The number of nitrogens with zero attached hydrogens (tertiary/aromatic N) is 1. The van der Waals surface area contributed by atoms with Gasteiger partial charge in [-0.25, -0.2) is 0 Å². The molecule has 0 atom stereocenters. The van der Waals surface area contributed by atoms with Gasteiger partial charge in [0.05, 0.1) is 11.9 Å². The monoisotopic (exact) mass is 177 g/mol. The lowest BCUT2D eigenvalue weighted by Gasteiger charge is -2.21. The van der Waals surface area contributed by atoms with E-state index in [-0.39, 0.29) is 0 Å². The normalized spacial score (nSPS) is 18.8. The summed E-state index contributed by atoms with van der Waals surface area (Å²) in [6.07, 6.45) is 4.13. The zero-order chi connectivity index (χ0) is 9.10. The van der Waals surface area contributed by atoms with E-state index in [0.717, 1.165) is 18.8 Å². The first-order valence-corrected chi connectivity index (χ1v) is 4.78. The zero-order valence-corrected chi connectivity index (χ0v) is 7.66. The number of hydrogen-bond acceptors (Lipinski definition) is 3. The molecule has 1 fully saturated rings. The molecule has 2 rings (SSSR count). The molecular weight excluding hydrogens is 162 g/mol. The molecule has 3 heteroatoms. The number of rotatable bonds is 1. The van der Waals surface area contributed by atoms with Crippen molar-refractivity contribution < 1.29 is 0 Å². The summed E-state index contributed by atoms with van der Waals surface area (Å²) in [6.45, 7) is 2.22. The quantitative estimate of drug-likeness (QED) is 0.676. The van der Waals surface area contributed by atoms with Crippen LogP contribution in [0.5, 0.6) is 0 Å². The van der Waals surface area contributed by atoms with E-state index < -0.39 is 0 Å². The Balaban J connectivity index is 2.10. The highest BCUT2D eigenvalue weighted by molar-refractivity contribution is 5.35. The van der Waals surface area contributed by atoms with Gasteiger partial charge in [0.25, 0.3) is 0 Å². The third kappa shape index (κ3) is 1.98. The van der Waals surface area contributed by atoms with Crippen molar-refractivity contribution in [3.8, 4) is 0 Å². The minimum Gasteiger partial charge on any atom is -0.397 e. The number of hydrogen-bond donors (Lipinski definition) is 2. The predicted octanol–water partition coefficient (Wildman–Crippen LogP) is 1.13. The molecule has 0 spiro atoms. The summed E-state index contributed by atoms with van der Waals surface area (Å²) in [4.78, 5) is 4.35. The van der Waals surface area contributed by atoms with Crippen LogP contribution in [0.4, 0.5) is 5.69 Å². The van der Waals surface area contributed by atoms with Crippen molar-refractivity contribution in [1.29, 1.82) is 0 Å². The van der Waals surface area contributed by atoms with E-state index in [0.29, 0.717) is 5.92 Å². The lowest BCUT2D eigenvalue weighted by molar-refractivity contribution is 0.453. The van der Waals surface area contributed by atoms with Gasteiger partial charge in [0, 0.05) is 11.6 Å². The molecular formula is C10H15N3. The third-order valence-electron chi connectivity index (χ3n) is 2.57. The Morgan fingerprint density at radius 3 is 2.69 bits per heavy atom. The van der Waals surface area contributed by atoms with Crippen molar-refractivity contribution in [2.45, 2.75) is 18.8 Å². The highest BCUT2D eigenvalue weighted by Crippen LogP contribution is 2.23. The molecule has 1 aromatic heterocycles. The Hall–Kier alpha value is -1.09. The van der Waals surface area contributed by atoms with Crippen LogP contribution < -0.4 is 11.1 Å². The van der Waals surface area contributed by atoms with Gasteiger partial charge in [0.1, 0.15) is 0 Å². The topological polar surface area (TPSA) is 50.9 Å². The molecule has 0 bridgehead atoms. The molecule has 0 aliphatic carbocycles. The second-order valence-corrected chi connectivity index (χ2v) is 3.54. The Morgan fingerprint density at radius 2 is 2.08 bits per heavy atom. The van der Waals surface area contributed by atoms with Gasteiger partial charge in [0.15, 0.2) is 0 Å². The van der Waals surface area contributed by atoms with Crippen LogP contribution in [0.1, 0.15) is 24.5 Å². The van der Waals surface area contributed by atoms with Crippen LogP contribution in [0.25, 0.3) is 0 Å². The highest BCUT2D eigenvalue weighted by Gasteiger charge is 2.15. The summed E-state index contributed by atoms with van der Waals surface area (Å²) < 4.78 is 0. The molecule has 0 amide bonds. The van der Waals surface area contributed by atoms with Gasteiger partial charge in [0.2, 0.25) is 0 Å². The third-order valence-corrected chi connectivity index (χ3v) is 2.57. The molecule has 13 heavy (non-hydrogen) atoms. The smallest absolute Gasteiger partial charge is 0.0501 e. The van der Waals surface area contributed by atoms with Gasteiger partial charge in [-0.3, -0.25) is 4.98 Å². The van der Waals surface area contributed by atoms with E-state index in [1.54, 1.807) is 6.20 Å². The molecule has 2 heterocycles. The van der Waals surface area contributed by atoms with E-state index in [1.807, 2.05) is 12.1 Å². The highest BCUT2D eigenvalue weighted by atomic mass is 14.9. The fourth-order valence-corrected chi connectivity index (χ4v) is 1.78. The van der Waals surface area contributed by atoms with Crippen molar-refractivity contribution in [1.82, 2.24) is 10.3 Å². The summed E-state index contributed by atoms with van der Waals surface area (Å²) in [7, 11) is 0. The summed E-state index contributed by atoms with van der Waals surface area (Å²) in [5, 5.41) is 3.34. The number of nitrogen functional groups attached to an aromatic ring is 1. The molecule has 1 saturated heterocycles. The van der Waals surface area contributed by atoms with Gasteiger partial charge in [-0.1, -0.05) is 0 Å². The van der Waals surface area contributed by atoms with Crippen molar-refractivity contribution in [3.63, 3.8) is 0 Å². The number of pyridine rings is 1. The minimum atomic E-state index is 0.627. The maximum absolute atomic E-state index is 5.58. The van der Waals surface area contributed by atoms with E-state index in [9.17, 15) is 0 Å². The van der Waals surface area contributed by atoms with Crippen LogP contribution in [-0.2, 0) is 0 Å². The van der Waals surface area contributed by atoms with E-state index in [4.69, 9.17) is 5.73 Å². The summed E-state index contributed by atoms with van der Waals surface area (Å²) in [6, 6.07) is 3.98. The second kappa shape index (κ2) is 3.75. The fourth-order valence-electron chi connectivity index (χ4n) is 1.78. The molecule has 3 nitrogen and oxygen atoms in total. The maximum atomic E-state index is 5.58. The van der Waals surface area contributed by atoms with Gasteiger partial charge >= 0.3 is 0 Å². The predicted molar refractivity (Wildman–Crippen MR) is 53.5 cm³/mol. The SMILES string of the molecule is Nc1ccc(C2CCNCC2)nc1. The summed E-state index contributed by atoms with van der Waals surface area (Å²) in [5.74, 6) is 0.627. The average molecular weight is 177 g/mol. The van der Waals surface area contributed by atoms with E-state index in [2.05, 4.69) is 10.3 Å². The minimum absolute atomic E-state index is 0.627. The molecule has 0 saturated carbocycles. The lowest BCUT2D eigenvalue weighted by atomic mass is 9.94. The Kier molecular flexibility index (Phi) is 2.45. The number of nitrogens with two attached hydrogens (primary N) is 1. The largest absolute Gasteiger partial charge is 0.397 e. The molecule has 1 aromatic rings. The standard InChI is InChI=1S/C10H15N3/c11-9-1-2-10(13-7-9)8-3-5-12-6-4-8/h1-2,7-8,12H,3-6,11H2. The van der Waals surface area contributed by atoms with Crippen LogP contribution in [0.2, 0.25) is 0 Å². The molecule has 1 aliphatic rings. The van der Waals surface area contributed by atoms with Crippen LogP contribution in [-0.4, -0.2) is 18.1 Å². The first kappa shape index (κ1) is 8.51. The first-order chi connectivity index (χ1) is 6.36. The zero-order valence-electron chi connectivity index (χ0n) is 7.66. The average Bonchev–Trinajstić information content (AvgIpc) is 2.20. The van der Waals surface area contributed by atoms with Crippen molar-refractivity contribution in [2.75, 3.05) is 18.8 Å². The van der Waals surface area contributed by atoms with Crippen LogP contribution in [0.3, 0.4) is 0 Å². The van der Waals surface area contributed by atoms with Crippen molar-refractivity contribution in [3.05, 3.63) is 24.0 Å². The Morgan fingerprint density at radius 1 is 1.31 bits per heavy atom. The summed E-state index contributed by atoms with van der Waals surface area (Å²) >= 11 is 0. The van der Waals surface area contributed by atoms with E-state index >= 15 is 0 Å². The lowest BCUT2D eigenvalue weighted by Crippen LogP contribution is -2.27. The fraction of sp³-hybridized carbons (Fsp3) is 0.500. The Labute approximate surface area is 78.4 Å². The molecule has 0 radical (unpaired) electrons. The molecule has 0 unspecified atom stereocenters. The number of piperidine rings is 1. The Bertz CT molecular complexity index is 262. The van der Waals surface area contributed by atoms with Crippen LogP contribution >= 0.6 is 0 Å². The molecule has 1 aliphatic heterocycles. The number of nitrogens with one attached hydrogen (secondary N) is 1.